The van der Waals surface area contributed by atoms with Gasteiger partial charge in [0.1, 0.15) is 0 Å². The van der Waals surface area contributed by atoms with Crippen molar-refractivity contribution in [1.82, 2.24) is 0 Å². The Morgan fingerprint density at radius 1 is 1.33 bits per heavy atom. The van der Waals surface area contributed by atoms with Crippen LogP contribution < -0.4 is 0 Å². The van der Waals surface area contributed by atoms with Crippen LogP contribution in [0.25, 0.3) is 9.84 Å². The van der Waals surface area contributed by atoms with Crippen LogP contribution in [0.4, 0.5) is 0 Å². The molecule has 0 saturated heterocycles. The predicted octanol–water partition coefficient (Wildman–Crippen LogP) is 1.77. The first kappa shape index (κ1) is 5.21. The third kappa shape index (κ3) is 0.805. The second-order valence-electron chi connectivity index (χ2n) is 1.76. The molecule has 0 bridgehead atoms. The zero-order chi connectivity index (χ0) is 6.10. The molecule has 2 heterocycles. The molecule has 0 aliphatic rings. The fourth-order valence-electron chi connectivity index (χ4n) is 0.767. The molecule has 2 aromatic rings. The zero-order valence-electron chi connectivity index (χ0n) is 4.70. The maximum absolute atomic E-state index is 5.20. The molecule has 0 saturated carbocycles. The third-order valence-electron chi connectivity index (χ3n) is 1.18. The van der Waals surface area contributed by atoms with Crippen molar-refractivity contribution in [3.63, 3.8) is 0 Å². The second-order valence-corrected chi connectivity index (χ2v) is 3.75. The minimum atomic E-state index is 0.528. The minimum absolute atomic E-state index is 0.528. The summed E-state index contributed by atoms with van der Waals surface area (Å²) in [6, 6.07) is 6.09. The van der Waals surface area contributed by atoms with Gasteiger partial charge in [0.05, 0.1) is 0 Å². The average molecular weight is 184 g/mol. The number of hydrogen-bond donors (Lipinski definition) is 0. The summed E-state index contributed by atoms with van der Waals surface area (Å²) in [7, 11) is 0. The van der Waals surface area contributed by atoms with Gasteiger partial charge in [-0.25, -0.2) is 0 Å². The van der Waals surface area contributed by atoms with Gasteiger partial charge in [-0.3, -0.25) is 0 Å². The first-order valence-electron chi connectivity index (χ1n) is 2.71. The van der Waals surface area contributed by atoms with E-state index in [1.165, 1.54) is 4.26 Å². The Morgan fingerprint density at radius 2 is 2.33 bits per heavy atom. The Balaban J connectivity index is 2.95. The molecule has 1 nitrogen and oxygen atoms in total. The molecular weight excluding hydrogens is 179 g/mol. The van der Waals surface area contributed by atoms with Crippen LogP contribution in [0.2, 0.25) is 0 Å². The Kier molecular flexibility index (Phi) is 1.15. The topological polar surface area (TPSA) is 11.3 Å². The van der Waals surface area contributed by atoms with Gasteiger partial charge in [0.25, 0.3) is 0 Å². The van der Waals surface area contributed by atoms with Crippen LogP contribution in [0.5, 0.6) is 0 Å². The molecule has 0 aliphatic heterocycles. The van der Waals surface area contributed by atoms with E-state index in [9.17, 15) is 0 Å². The molecule has 0 atom stereocenters. The molecule has 0 aromatic carbocycles. The number of hydrogen-bond acceptors (Lipinski definition) is 0. The van der Waals surface area contributed by atoms with Crippen molar-refractivity contribution in [1.29, 1.82) is 0 Å². The van der Waals surface area contributed by atoms with Gasteiger partial charge in [-0.2, -0.15) is 0 Å². The Hall–Kier alpha value is -0.591. The fraction of sp³-hybridized carbons (Fsp3) is 0. The summed E-state index contributed by atoms with van der Waals surface area (Å²) in [6.45, 7) is 0. The van der Waals surface area contributed by atoms with Gasteiger partial charge >= 0.3 is 58.2 Å². The first-order valence-corrected chi connectivity index (χ1v) is 4.55. The number of rotatable bonds is 0. The molecule has 2 rings (SSSR count). The Morgan fingerprint density at radius 3 is 3.22 bits per heavy atom. The van der Waals surface area contributed by atoms with Crippen molar-refractivity contribution in [2.24, 2.45) is 0 Å². The second kappa shape index (κ2) is 1.98. The Labute approximate surface area is 58.7 Å². The molecular formula is C7H5OSe+. The monoisotopic (exact) mass is 185 g/mol. The molecule has 0 N–H and O–H groups in total. The van der Waals surface area contributed by atoms with E-state index in [1.54, 1.807) is 6.26 Å². The Bertz CT molecular complexity index is 283. The van der Waals surface area contributed by atoms with Crippen LogP contribution in [0.3, 0.4) is 0 Å². The average Bonchev–Trinajstić information content (AvgIpc) is 2.33. The van der Waals surface area contributed by atoms with Gasteiger partial charge in [0.2, 0.25) is 0 Å². The summed E-state index contributed by atoms with van der Waals surface area (Å²) in [5, 5.41) is 0. The van der Waals surface area contributed by atoms with Crippen molar-refractivity contribution >= 4 is 24.3 Å². The molecule has 0 amide bonds. The van der Waals surface area contributed by atoms with Crippen LogP contribution in [-0.4, -0.2) is 14.5 Å². The SMILES string of the molecule is c1c[o+]c2cc[se]c2c1. The van der Waals surface area contributed by atoms with Crippen LogP contribution in [0.15, 0.2) is 33.8 Å². The van der Waals surface area contributed by atoms with Gasteiger partial charge in [-0.1, -0.05) is 0 Å². The van der Waals surface area contributed by atoms with Crippen molar-refractivity contribution < 1.29 is 4.42 Å². The molecule has 2 heteroatoms. The van der Waals surface area contributed by atoms with Crippen molar-refractivity contribution in [2.75, 3.05) is 0 Å². The molecule has 0 radical (unpaired) electrons. The van der Waals surface area contributed by atoms with Gasteiger partial charge in [0, 0.05) is 0 Å². The van der Waals surface area contributed by atoms with E-state index in [0.717, 1.165) is 5.58 Å². The van der Waals surface area contributed by atoms with Crippen LogP contribution in [-0.2, 0) is 0 Å². The van der Waals surface area contributed by atoms with Crippen LogP contribution >= 0.6 is 0 Å². The number of fused-ring (bicyclic) bond motifs is 1. The summed E-state index contributed by atoms with van der Waals surface area (Å²) < 4.78 is 6.55. The molecule has 0 aliphatic carbocycles. The first-order chi connectivity index (χ1) is 4.47. The van der Waals surface area contributed by atoms with E-state index in [0.29, 0.717) is 14.5 Å². The molecule has 0 unspecified atom stereocenters. The van der Waals surface area contributed by atoms with Gasteiger partial charge in [0.15, 0.2) is 0 Å². The van der Waals surface area contributed by atoms with E-state index in [2.05, 4.69) is 11.0 Å². The van der Waals surface area contributed by atoms with Crippen LogP contribution in [0.1, 0.15) is 0 Å². The van der Waals surface area contributed by atoms with E-state index >= 15 is 0 Å². The third-order valence-corrected chi connectivity index (χ3v) is 2.99. The van der Waals surface area contributed by atoms with E-state index in [-0.39, 0.29) is 0 Å². The van der Waals surface area contributed by atoms with Crippen LogP contribution in [0, 0.1) is 0 Å². The van der Waals surface area contributed by atoms with E-state index in [1.807, 2.05) is 12.1 Å². The maximum atomic E-state index is 5.20. The van der Waals surface area contributed by atoms with Gasteiger partial charge < -0.3 is 0 Å². The van der Waals surface area contributed by atoms with Crippen molar-refractivity contribution in [2.45, 2.75) is 0 Å². The molecule has 0 spiro atoms. The van der Waals surface area contributed by atoms with E-state index < -0.39 is 0 Å². The fourth-order valence-corrected chi connectivity index (χ4v) is 2.29. The molecule has 9 heavy (non-hydrogen) atoms. The summed E-state index contributed by atoms with van der Waals surface area (Å²) >= 11 is 0.528. The normalized spacial score (nSPS) is 10.2. The van der Waals surface area contributed by atoms with E-state index in [4.69, 9.17) is 4.42 Å². The zero-order valence-corrected chi connectivity index (χ0v) is 6.42. The standard InChI is InChI=1S/C7H5OSe/c1-2-7-6(8-4-1)3-5-9-7/h1-5H/q+1. The van der Waals surface area contributed by atoms with Crippen molar-refractivity contribution in [3.05, 3.63) is 29.4 Å². The quantitative estimate of drug-likeness (QED) is 0.448. The van der Waals surface area contributed by atoms with Gasteiger partial charge in [-0.15, -0.1) is 0 Å². The molecule has 0 fully saturated rings. The van der Waals surface area contributed by atoms with Gasteiger partial charge in [-0.05, 0) is 0 Å². The molecule has 44 valence electrons. The van der Waals surface area contributed by atoms with Crippen molar-refractivity contribution in [3.8, 4) is 0 Å². The predicted molar refractivity (Wildman–Crippen MR) is 37.6 cm³/mol. The summed E-state index contributed by atoms with van der Waals surface area (Å²) in [5.41, 5.74) is 1.04. The summed E-state index contributed by atoms with van der Waals surface area (Å²) in [4.78, 5) is 2.17. The summed E-state index contributed by atoms with van der Waals surface area (Å²) in [6.07, 6.45) is 1.71. The summed E-state index contributed by atoms with van der Waals surface area (Å²) in [5.74, 6) is 0. The molecule has 2 aromatic heterocycles.